The van der Waals surface area contributed by atoms with Crippen LogP contribution in [0.25, 0.3) is 104 Å². The number of para-hydroxylation sites is 7. The molecule has 1 spiro atoms. The Labute approximate surface area is 522 Å². The summed E-state index contributed by atoms with van der Waals surface area (Å²) in [4.78, 5) is 3.77. The van der Waals surface area contributed by atoms with E-state index in [-0.39, 0.29) is 22.3 Å². The van der Waals surface area contributed by atoms with Crippen molar-refractivity contribution in [3.63, 3.8) is 0 Å². The second-order valence-corrected chi connectivity index (χ2v) is 24.0. The van der Waals surface area contributed by atoms with Gasteiger partial charge in [-0.25, -0.2) is 0 Å². The van der Waals surface area contributed by atoms with E-state index in [1.165, 1.54) is 30.3 Å². The summed E-state index contributed by atoms with van der Waals surface area (Å²) in [5, 5.41) is 7.12. The zero-order valence-corrected chi connectivity index (χ0v) is 48.7. The summed E-state index contributed by atoms with van der Waals surface area (Å²) < 4.78 is 149. The van der Waals surface area contributed by atoms with Crippen molar-refractivity contribution in [2.45, 2.75) is 30.9 Å². The average Bonchev–Trinajstić information content (AvgIpc) is 1.50. The molecule has 1 aliphatic carbocycles. The molecular formula is C79H44F9N3O2. The van der Waals surface area contributed by atoms with Crippen LogP contribution in [-0.4, -0.2) is 4.57 Å². The molecular weight excluding hydrogens is 1190 g/mol. The Hall–Kier alpha value is -11.3. The van der Waals surface area contributed by atoms with E-state index < -0.39 is 46.2 Å². The predicted molar refractivity (Wildman–Crippen MR) is 350 cm³/mol. The van der Waals surface area contributed by atoms with Crippen LogP contribution in [0.5, 0.6) is 0 Å². The van der Waals surface area contributed by atoms with Crippen molar-refractivity contribution >= 4 is 121 Å². The molecule has 0 bridgehead atoms. The van der Waals surface area contributed by atoms with E-state index in [2.05, 4.69) is 65.2 Å². The predicted octanol–water partition coefficient (Wildman–Crippen LogP) is 23.9. The Morgan fingerprint density at radius 1 is 0.333 bits per heavy atom. The summed E-state index contributed by atoms with van der Waals surface area (Å²) in [5.74, 6) is 0. The monoisotopic (exact) mass is 1240 g/mol. The second kappa shape index (κ2) is 19.2. The van der Waals surface area contributed by atoms with Crippen LogP contribution < -0.4 is 9.80 Å². The SMILES string of the molecule is Cc1cccc2c1oc1c(N(c3ccc(C(F)(F)F)cc3)c3cc4c(c5ccccc35)-c3c(cc(N(c5ccc(C(F)(F)F)cc5)c5cccc6c5oc5c(C(F)(F)F)cccc56)c5ccccc35)C43c4ccccc4-n4c5ccccc5c5cccc3c54)cccc12. The van der Waals surface area contributed by atoms with Crippen molar-refractivity contribution in [1.29, 1.82) is 0 Å². The third kappa shape index (κ3) is 7.60. The minimum atomic E-state index is -4.80. The van der Waals surface area contributed by atoms with Crippen molar-refractivity contribution in [1.82, 2.24) is 4.57 Å². The average molecular weight is 1240 g/mol. The highest BCUT2D eigenvalue weighted by molar-refractivity contribution is 6.22. The molecule has 0 radical (unpaired) electrons. The lowest BCUT2D eigenvalue weighted by Gasteiger charge is -2.40. The third-order valence-corrected chi connectivity index (χ3v) is 19.1. The molecule has 16 aromatic rings. The molecule has 2 aliphatic rings. The van der Waals surface area contributed by atoms with Gasteiger partial charge in [0.15, 0.2) is 11.2 Å². The number of nitrogens with zero attached hydrogens (tertiary/aromatic N) is 3. The molecule has 4 heterocycles. The molecule has 0 N–H and O–H groups in total. The number of fused-ring (bicyclic) bond motifs is 22. The lowest BCUT2D eigenvalue weighted by atomic mass is 9.65. The van der Waals surface area contributed by atoms with Crippen molar-refractivity contribution in [2.75, 3.05) is 9.80 Å². The van der Waals surface area contributed by atoms with Crippen molar-refractivity contribution in [2.24, 2.45) is 0 Å². The van der Waals surface area contributed by atoms with Crippen LogP contribution in [0.1, 0.15) is 44.5 Å². The van der Waals surface area contributed by atoms with Gasteiger partial charge in [-0.05, 0) is 148 Å². The Morgan fingerprint density at radius 2 is 0.753 bits per heavy atom. The normalized spacial score (nSPS) is 14.6. The van der Waals surface area contributed by atoms with Gasteiger partial charge in [0, 0.05) is 54.5 Å². The number of aromatic nitrogens is 1. The van der Waals surface area contributed by atoms with Crippen LogP contribution in [0.4, 0.5) is 73.6 Å². The molecule has 450 valence electrons. The standard InChI is InChI=1S/C79H44F9N3O2/c1-43-15-10-22-54-56-24-13-31-65(74(56)92-72(43)54)89(46-37-33-44(34-38-46)77(80,81)82)67-41-61-69(51-19-4-2-16-48(51)67)70-52-20-5-3-17-49(52)68(42-62(70)76(61)58-26-7-9-30-64(58)91-63-29-8-6-18-50(63)53-21-11-27-59(76)71(53)91)90(47-39-35-45(36-40-47)78(83,84)85)66-32-14-25-57-55-23-12-28-60(79(86,87)88)73(55)93-75(57)66/h2-42H,1H3. The van der Waals surface area contributed by atoms with Gasteiger partial charge in [-0.1, -0.05) is 158 Å². The van der Waals surface area contributed by atoms with E-state index in [0.29, 0.717) is 44.7 Å². The van der Waals surface area contributed by atoms with Gasteiger partial charge in [0.05, 0.1) is 61.6 Å². The van der Waals surface area contributed by atoms with Gasteiger partial charge in [-0.2, -0.15) is 39.5 Å². The maximum atomic E-state index is 15.0. The quantitative estimate of drug-likeness (QED) is 0.156. The molecule has 5 nitrogen and oxygen atoms in total. The summed E-state index contributed by atoms with van der Waals surface area (Å²) in [6.45, 7) is 1.97. The van der Waals surface area contributed by atoms with E-state index >= 15 is 0 Å². The first-order valence-electron chi connectivity index (χ1n) is 30.1. The molecule has 18 rings (SSSR count). The molecule has 0 saturated heterocycles. The first-order valence-corrected chi connectivity index (χ1v) is 30.1. The summed E-state index contributed by atoms with van der Waals surface area (Å²) in [7, 11) is 0. The molecule has 93 heavy (non-hydrogen) atoms. The van der Waals surface area contributed by atoms with Gasteiger partial charge in [-0.3, -0.25) is 0 Å². The fourth-order valence-electron chi connectivity index (χ4n) is 15.4. The number of furan rings is 2. The number of hydrogen-bond acceptors (Lipinski definition) is 4. The fraction of sp³-hybridized carbons (Fsp3) is 0.0633. The number of rotatable bonds is 6. The first kappa shape index (κ1) is 54.7. The van der Waals surface area contributed by atoms with Gasteiger partial charge in [0.25, 0.3) is 0 Å². The zero-order valence-electron chi connectivity index (χ0n) is 48.7. The Kier molecular flexibility index (Phi) is 11.3. The summed E-state index contributed by atoms with van der Waals surface area (Å²) in [6.07, 6.45) is -14.2. The highest BCUT2D eigenvalue weighted by Crippen LogP contribution is 2.66. The second-order valence-electron chi connectivity index (χ2n) is 24.0. The maximum absolute atomic E-state index is 15.0. The number of alkyl halides is 9. The Morgan fingerprint density at radius 3 is 1.30 bits per heavy atom. The molecule has 13 aromatic carbocycles. The molecule has 1 unspecified atom stereocenters. The lowest BCUT2D eigenvalue weighted by Crippen LogP contribution is -2.34. The van der Waals surface area contributed by atoms with Crippen LogP contribution in [0, 0.1) is 6.92 Å². The number of benzene rings is 13. The highest BCUT2D eigenvalue weighted by Gasteiger charge is 2.53. The van der Waals surface area contributed by atoms with Gasteiger partial charge in [0.2, 0.25) is 0 Å². The molecule has 1 atom stereocenters. The van der Waals surface area contributed by atoms with Crippen LogP contribution in [0.2, 0.25) is 0 Å². The van der Waals surface area contributed by atoms with E-state index in [0.717, 1.165) is 124 Å². The first-order chi connectivity index (χ1) is 45.0. The summed E-state index contributed by atoms with van der Waals surface area (Å²) in [6, 6.07) is 73.3. The van der Waals surface area contributed by atoms with E-state index in [1.807, 2.05) is 115 Å². The largest absolute Gasteiger partial charge is 0.454 e. The molecule has 14 heteroatoms. The van der Waals surface area contributed by atoms with Crippen LogP contribution in [0.3, 0.4) is 0 Å². The summed E-state index contributed by atoms with van der Waals surface area (Å²) in [5.41, 5.74) is 8.04. The van der Waals surface area contributed by atoms with Crippen molar-refractivity contribution in [3.05, 3.63) is 293 Å². The lowest BCUT2D eigenvalue weighted by molar-refractivity contribution is -0.138. The maximum Gasteiger partial charge on any atom is 0.420 e. The topological polar surface area (TPSA) is 37.7 Å². The number of hydrogen-bond donors (Lipinski definition) is 0. The Balaban J connectivity index is 1.01. The van der Waals surface area contributed by atoms with Crippen LogP contribution in [-0.2, 0) is 23.9 Å². The molecule has 3 aromatic heterocycles. The van der Waals surface area contributed by atoms with Crippen LogP contribution >= 0.6 is 0 Å². The molecule has 0 saturated carbocycles. The summed E-state index contributed by atoms with van der Waals surface area (Å²) >= 11 is 0. The van der Waals surface area contributed by atoms with Gasteiger partial charge in [0.1, 0.15) is 11.2 Å². The number of halogens is 9. The Bertz CT molecular complexity index is 5870. The van der Waals surface area contributed by atoms with Crippen molar-refractivity contribution < 1.29 is 48.3 Å². The molecule has 1 aliphatic heterocycles. The van der Waals surface area contributed by atoms with Crippen LogP contribution in [0.15, 0.2) is 258 Å². The van der Waals surface area contributed by atoms with E-state index in [1.54, 1.807) is 29.2 Å². The highest BCUT2D eigenvalue weighted by atomic mass is 19.4. The zero-order chi connectivity index (χ0) is 63.2. The van der Waals surface area contributed by atoms with Gasteiger partial charge < -0.3 is 23.2 Å². The minimum absolute atomic E-state index is 0.0672. The van der Waals surface area contributed by atoms with Gasteiger partial charge in [-0.15, -0.1) is 0 Å². The molecule has 0 amide bonds. The minimum Gasteiger partial charge on any atom is -0.454 e. The van der Waals surface area contributed by atoms with E-state index in [9.17, 15) is 39.5 Å². The third-order valence-electron chi connectivity index (χ3n) is 19.1. The van der Waals surface area contributed by atoms with E-state index in [4.69, 9.17) is 8.83 Å². The number of anilines is 6. The fourth-order valence-corrected chi connectivity index (χ4v) is 15.4. The van der Waals surface area contributed by atoms with Gasteiger partial charge >= 0.3 is 18.5 Å². The number of aryl methyl sites for hydroxylation is 1. The van der Waals surface area contributed by atoms with Crippen molar-refractivity contribution in [3.8, 4) is 16.8 Å². The molecule has 0 fully saturated rings. The smallest absolute Gasteiger partial charge is 0.420 e.